The van der Waals surface area contributed by atoms with Crippen LogP contribution in [0.25, 0.3) is 0 Å². The second-order valence-electron chi connectivity index (χ2n) is 6.15. The van der Waals surface area contributed by atoms with Crippen molar-refractivity contribution in [1.82, 2.24) is 4.72 Å². The molecule has 0 aliphatic rings. The summed E-state index contributed by atoms with van der Waals surface area (Å²) in [6, 6.07) is 7.28. The average Bonchev–Trinajstić information content (AvgIpc) is 2.62. The molecule has 0 heterocycles. The number of rotatable bonds is 5. The van der Waals surface area contributed by atoms with Crippen LogP contribution in [-0.2, 0) is 14.8 Å². The molecule has 1 atom stereocenters. The predicted molar refractivity (Wildman–Crippen MR) is 99.5 cm³/mol. The molecule has 0 aliphatic heterocycles. The maximum Gasteiger partial charge on any atom is 0.426 e. The molecule has 4 N–H and O–H groups in total. The van der Waals surface area contributed by atoms with E-state index in [1.807, 2.05) is 0 Å². The minimum atomic E-state index is -5.26. The SMILES string of the molecule is CC(O)(C(=O)Nc1ccc(S(=O)(=O)NC(=O)c2ccc(O)cc2)cc1Cl)C(F)(F)F. The van der Waals surface area contributed by atoms with Crippen molar-refractivity contribution in [3.63, 3.8) is 0 Å². The quantitative estimate of drug-likeness (QED) is 0.535. The van der Waals surface area contributed by atoms with Crippen molar-refractivity contribution >= 4 is 39.1 Å². The number of anilines is 1. The molecule has 0 aromatic heterocycles. The summed E-state index contributed by atoms with van der Waals surface area (Å²) >= 11 is 5.83. The summed E-state index contributed by atoms with van der Waals surface area (Å²) in [4.78, 5) is 23.2. The molecule has 0 fully saturated rings. The van der Waals surface area contributed by atoms with E-state index in [1.54, 1.807) is 10.0 Å². The standard InChI is InChI=1S/C17H14ClF3N2O6S/c1-16(27,17(19,20)21)15(26)22-13-7-6-11(8-12(13)18)30(28,29)23-14(25)9-2-4-10(24)5-3-9/h2-8,24,27H,1H3,(H,22,26)(H,23,25). The van der Waals surface area contributed by atoms with Crippen molar-refractivity contribution in [3.05, 3.63) is 53.1 Å². The lowest BCUT2D eigenvalue weighted by atomic mass is 10.1. The molecule has 1 unspecified atom stereocenters. The zero-order valence-corrected chi connectivity index (χ0v) is 16.6. The monoisotopic (exact) mass is 466 g/mol. The first kappa shape index (κ1) is 23.4. The number of aromatic hydroxyl groups is 1. The molecular formula is C17H14ClF3N2O6S. The lowest BCUT2D eigenvalue weighted by molar-refractivity contribution is -0.242. The predicted octanol–water partition coefficient (Wildman–Crippen LogP) is 2.42. The summed E-state index contributed by atoms with van der Waals surface area (Å²) in [5.41, 5.74) is -4.17. The van der Waals surface area contributed by atoms with Crippen LogP contribution in [0, 0.1) is 0 Å². The zero-order chi connectivity index (χ0) is 22.9. The summed E-state index contributed by atoms with van der Waals surface area (Å²) in [5, 5.41) is 19.8. The molecule has 0 bridgehead atoms. The number of phenolic OH excluding ortho intramolecular Hbond substituents is 1. The van der Waals surface area contributed by atoms with Gasteiger partial charge in [0, 0.05) is 5.56 Å². The number of aliphatic hydroxyl groups is 1. The highest BCUT2D eigenvalue weighted by atomic mass is 35.5. The molecule has 2 rings (SSSR count). The summed E-state index contributed by atoms with van der Waals surface area (Å²) in [6.45, 7) is 0.244. The molecule has 2 aromatic carbocycles. The van der Waals surface area contributed by atoms with Crippen LogP contribution >= 0.6 is 11.6 Å². The smallest absolute Gasteiger partial charge is 0.426 e. The maximum atomic E-state index is 12.7. The van der Waals surface area contributed by atoms with Crippen molar-refractivity contribution < 1.29 is 41.4 Å². The van der Waals surface area contributed by atoms with Gasteiger partial charge in [0.15, 0.2) is 0 Å². The molecule has 30 heavy (non-hydrogen) atoms. The van der Waals surface area contributed by atoms with Crippen molar-refractivity contribution in [2.75, 3.05) is 5.32 Å². The Bertz CT molecular complexity index is 1090. The molecular weight excluding hydrogens is 453 g/mol. The van der Waals surface area contributed by atoms with Crippen LogP contribution in [0.5, 0.6) is 5.75 Å². The molecule has 2 aromatic rings. The Morgan fingerprint density at radius 3 is 2.13 bits per heavy atom. The number of hydrogen-bond donors (Lipinski definition) is 4. The van der Waals surface area contributed by atoms with Gasteiger partial charge >= 0.3 is 6.18 Å². The summed E-state index contributed by atoms with van der Waals surface area (Å²) in [6.07, 6.45) is -5.26. The summed E-state index contributed by atoms with van der Waals surface area (Å²) < 4.78 is 64.6. The average molecular weight is 467 g/mol. The van der Waals surface area contributed by atoms with E-state index < -0.39 is 49.2 Å². The number of phenols is 1. The van der Waals surface area contributed by atoms with E-state index in [4.69, 9.17) is 11.6 Å². The number of carbonyl (C=O) groups excluding carboxylic acids is 2. The number of nitrogens with one attached hydrogen (secondary N) is 2. The fourth-order valence-electron chi connectivity index (χ4n) is 1.99. The van der Waals surface area contributed by atoms with Crippen molar-refractivity contribution in [1.29, 1.82) is 0 Å². The van der Waals surface area contributed by atoms with Gasteiger partial charge < -0.3 is 15.5 Å². The lowest BCUT2D eigenvalue weighted by Gasteiger charge is -2.25. The normalized spacial score (nSPS) is 13.9. The van der Waals surface area contributed by atoms with E-state index >= 15 is 0 Å². The van der Waals surface area contributed by atoms with Gasteiger partial charge in [0.25, 0.3) is 21.8 Å². The molecule has 0 saturated carbocycles. The number of halogens is 4. The Balaban J connectivity index is 2.22. The van der Waals surface area contributed by atoms with Crippen LogP contribution in [0.2, 0.25) is 5.02 Å². The highest BCUT2D eigenvalue weighted by molar-refractivity contribution is 7.90. The first-order valence-electron chi connectivity index (χ1n) is 7.91. The van der Waals surface area contributed by atoms with Gasteiger partial charge in [0.2, 0.25) is 5.60 Å². The van der Waals surface area contributed by atoms with E-state index in [-0.39, 0.29) is 18.2 Å². The second-order valence-corrected chi connectivity index (χ2v) is 8.24. The van der Waals surface area contributed by atoms with Crippen LogP contribution in [0.15, 0.2) is 47.4 Å². The van der Waals surface area contributed by atoms with Gasteiger partial charge in [-0.1, -0.05) is 11.6 Å². The van der Waals surface area contributed by atoms with Crippen molar-refractivity contribution in [2.45, 2.75) is 23.6 Å². The molecule has 0 radical (unpaired) electrons. The van der Waals surface area contributed by atoms with Crippen LogP contribution in [0.3, 0.4) is 0 Å². The number of amides is 2. The Labute approximate surface area is 173 Å². The van der Waals surface area contributed by atoms with E-state index in [9.17, 15) is 41.4 Å². The van der Waals surface area contributed by atoms with Gasteiger partial charge in [-0.25, -0.2) is 13.1 Å². The molecule has 0 spiro atoms. The van der Waals surface area contributed by atoms with Crippen molar-refractivity contribution in [2.24, 2.45) is 0 Å². The van der Waals surface area contributed by atoms with Crippen LogP contribution in [-0.4, -0.2) is 42.2 Å². The number of sulfonamides is 1. The molecule has 2 amide bonds. The Hall–Kier alpha value is -2.83. The van der Waals surface area contributed by atoms with E-state index in [0.717, 1.165) is 18.2 Å². The van der Waals surface area contributed by atoms with Gasteiger partial charge in [-0.05, 0) is 49.4 Å². The zero-order valence-electron chi connectivity index (χ0n) is 15.0. The van der Waals surface area contributed by atoms with Crippen LogP contribution in [0.4, 0.5) is 18.9 Å². The molecule has 0 aliphatic carbocycles. The molecule has 13 heteroatoms. The van der Waals surface area contributed by atoms with Gasteiger partial charge in [-0.3, -0.25) is 9.59 Å². The van der Waals surface area contributed by atoms with Gasteiger partial charge in [0.05, 0.1) is 15.6 Å². The van der Waals surface area contributed by atoms with Crippen LogP contribution < -0.4 is 10.0 Å². The fourth-order valence-corrected chi connectivity index (χ4v) is 3.28. The van der Waals surface area contributed by atoms with Gasteiger partial charge in [0.1, 0.15) is 5.75 Å². The maximum absolute atomic E-state index is 12.7. The Morgan fingerprint density at radius 1 is 1.07 bits per heavy atom. The number of hydrogen-bond acceptors (Lipinski definition) is 6. The van der Waals surface area contributed by atoms with E-state index in [1.165, 1.54) is 24.3 Å². The second kappa shape index (κ2) is 8.13. The van der Waals surface area contributed by atoms with Gasteiger partial charge in [-0.15, -0.1) is 0 Å². The highest BCUT2D eigenvalue weighted by Crippen LogP contribution is 2.32. The third-order valence-corrected chi connectivity index (χ3v) is 5.49. The fraction of sp³-hybridized carbons (Fsp3) is 0.176. The highest BCUT2D eigenvalue weighted by Gasteiger charge is 2.55. The van der Waals surface area contributed by atoms with E-state index in [0.29, 0.717) is 0 Å². The number of benzene rings is 2. The Kier molecular flexibility index (Phi) is 6.35. The molecule has 8 nitrogen and oxygen atoms in total. The largest absolute Gasteiger partial charge is 0.508 e. The third kappa shape index (κ3) is 5.01. The Morgan fingerprint density at radius 2 is 1.63 bits per heavy atom. The first-order chi connectivity index (χ1) is 13.6. The minimum absolute atomic E-state index is 0.0688. The topological polar surface area (TPSA) is 133 Å². The van der Waals surface area contributed by atoms with Gasteiger partial charge in [-0.2, -0.15) is 13.2 Å². The summed E-state index contributed by atoms with van der Waals surface area (Å²) in [5.74, 6) is -2.97. The molecule has 162 valence electrons. The first-order valence-corrected chi connectivity index (χ1v) is 9.77. The van der Waals surface area contributed by atoms with Crippen LogP contribution in [0.1, 0.15) is 17.3 Å². The number of carbonyl (C=O) groups is 2. The number of alkyl halides is 3. The van der Waals surface area contributed by atoms with Crippen molar-refractivity contribution in [3.8, 4) is 5.75 Å². The summed E-state index contributed by atoms with van der Waals surface area (Å²) in [7, 11) is -4.43. The third-order valence-electron chi connectivity index (χ3n) is 3.85. The lowest BCUT2D eigenvalue weighted by Crippen LogP contribution is -2.52. The minimum Gasteiger partial charge on any atom is -0.508 e. The molecule has 0 saturated heterocycles. The van der Waals surface area contributed by atoms with E-state index in [2.05, 4.69) is 0 Å².